The highest BCUT2D eigenvalue weighted by Crippen LogP contribution is 2.23. The molecular formula is C28H34N2O6. The van der Waals surface area contributed by atoms with Crippen LogP contribution in [0, 0.1) is 20.8 Å². The molecular weight excluding hydrogens is 460 g/mol. The first-order valence-electron chi connectivity index (χ1n) is 11.5. The minimum absolute atomic E-state index is 0.283. The Morgan fingerprint density at radius 3 is 2.11 bits per heavy atom. The van der Waals surface area contributed by atoms with Gasteiger partial charge in [-0.25, -0.2) is 9.59 Å². The second kappa shape index (κ2) is 13.9. The normalized spacial score (nSPS) is 11.7. The summed E-state index contributed by atoms with van der Waals surface area (Å²) < 4.78 is 7.92. The van der Waals surface area contributed by atoms with Crippen LogP contribution in [0.2, 0.25) is 0 Å². The van der Waals surface area contributed by atoms with E-state index < -0.39 is 18.0 Å². The monoisotopic (exact) mass is 494 g/mol. The lowest BCUT2D eigenvalue weighted by molar-refractivity contribution is -0.134. The van der Waals surface area contributed by atoms with Crippen LogP contribution in [-0.2, 0) is 16.1 Å². The van der Waals surface area contributed by atoms with Gasteiger partial charge in [0.15, 0.2) is 0 Å². The van der Waals surface area contributed by atoms with Crippen molar-refractivity contribution in [2.45, 2.75) is 33.4 Å². The largest absolute Gasteiger partial charge is 0.491 e. The third kappa shape index (κ3) is 9.40. The second-order valence-electron chi connectivity index (χ2n) is 8.60. The number of aromatic nitrogens is 1. The van der Waals surface area contributed by atoms with Crippen molar-refractivity contribution in [3.8, 4) is 11.4 Å². The Morgan fingerprint density at radius 2 is 1.56 bits per heavy atom. The molecule has 1 unspecified atom stereocenters. The van der Waals surface area contributed by atoms with Crippen LogP contribution in [0.25, 0.3) is 5.69 Å². The smallest absolute Gasteiger partial charge is 0.328 e. The molecule has 1 atom stereocenters. The van der Waals surface area contributed by atoms with Gasteiger partial charge in [0.05, 0.1) is 5.69 Å². The van der Waals surface area contributed by atoms with Gasteiger partial charge < -0.3 is 24.6 Å². The molecule has 0 radical (unpaired) electrons. The highest BCUT2D eigenvalue weighted by atomic mass is 16.5. The number of carboxylic acid groups (broad SMARTS) is 2. The number of hydrogen-bond donors (Lipinski definition) is 3. The Kier molecular flexibility index (Phi) is 10.9. The molecule has 0 bridgehead atoms. The van der Waals surface area contributed by atoms with E-state index in [0.717, 1.165) is 12.3 Å². The molecule has 0 saturated heterocycles. The molecule has 0 aliphatic carbocycles. The number of nitrogens with zero attached hydrogens (tertiary/aromatic N) is 2. The number of aliphatic hydroxyl groups is 1. The molecule has 0 spiro atoms. The lowest BCUT2D eigenvalue weighted by atomic mass is 10.0. The molecule has 36 heavy (non-hydrogen) atoms. The third-order valence-electron chi connectivity index (χ3n) is 5.22. The van der Waals surface area contributed by atoms with E-state index in [1.807, 2.05) is 37.4 Å². The molecule has 8 heteroatoms. The van der Waals surface area contributed by atoms with Crippen LogP contribution in [0.15, 0.2) is 72.9 Å². The number of carboxylic acids is 2. The molecule has 0 amide bonds. The van der Waals surface area contributed by atoms with E-state index in [1.165, 1.54) is 28.1 Å². The predicted octanol–water partition coefficient (Wildman–Crippen LogP) is 3.99. The summed E-state index contributed by atoms with van der Waals surface area (Å²) in [6, 6.07) is 18.3. The molecule has 2 aromatic carbocycles. The Balaban J connectivity index is 0.000000493. The Labute approximate surface area is 211 Å². The first-order valence-corrected chi connectivity index (χ1v) is 11.5. The summed E-state index contributed by atoms with van der Waals surface area (Å²) in [6.07, 6.45) is 2.68. The predicted molar refractivity (Wildman–Crippen MR) is 139 cm³/mol. The van der Waals surface area contributed by atoms with E-state index in [4.69, 9.17) is 14.9 Å². The minimum atomic E-state index is -1.26. The van der Waals surface area contributed by atoms with Gasteiger partial charge in [0, 0.05) is 37.1 Å². The van der Waals surface area contributed by atoms with Gasteiger partial charge in [-0.3, -0.25) is 4.90 Å². The van der Waals surface area contributed by atoms with Crippen LogP contribution < -0.4 is 4.74 Å². The fourth-order valence-corrected chi connectivity index (χ4v) is 3.92. The number of para-hydroxylation sites is 1. The molecule has 0 fully saturated rings. The standard InChI is InChI=1S/C24H30N2O2.C4H4O4/c1-18-13-19(2)24(20(3)14-18)26-12-8-9-21(26)15-25(4)16-22(27)17-28-23-10-6-5-7-11-23;5-3(6)1-2-4(7)8/h5-14,22,27H,15-17H2,1-4H3;1-2H,(H,5,6)(H,7,8)/b;2-1+. The number of aryl methyl sites for hydroxylation is 3. The molecule has 1 heterocycles. The summed E-state index contributed by atoms with van der Waals surface area (Å²) in [4.78, 5) is 21.2. The number of aliphatic hydroxyl groups excluding tert-OH is 1. The van der Waals surface area contributed by atoms with Gasteiger partial charge in [-0.1, -0.05) is 35.9 Å². The zero-order chi connectivity index (χ0) is 26.7. The average molecular weight is 495 g/mol. The molecule has 0 aliphatic rings. The fraction of sp³-hybridized carbons (Fsp3) is 0.286. The third-order valence-corrected chi connectivity index (χ3v) is 5.22. The Bertz CT molecular complexity index is 1130. The second-order valence-corrected chi connectivity index (χ2v) is 8.60. The quantitative estimate of drug-likeness (QED) is 0.366. The number of hydrogen-bond acceptors (Lipinski definition) is 5. The van der Waals surface area contributed by atoms with Crippen molar-refractivity contribution in [2.75, 3.05) is 20.2 Å². The highest BCUT2D eigenvalue weighted by Gasteiger charge is 2.14. The summed E-state index contributed by atoms with van der Waals surface area (Å²) in [5, 5.41) is 26.0. The summed E-state index contributed by atoms with van der Waals surface area (Å²) >= 11 is 0. The number of carbonyl (C=O) groups is 2. The SMILES string of the molecule is Cc1cc(C)c(-n2cccc2CN(C)CC(O)COc2ccccc2)c(C)c1.O=C(O)/C=C/C(=O)O. The maximum absolute atomic E-state index is 10.3. The van der Waals surface area contributed by atoms with Crippen molar-refractivity contribution < 1.29 is 29.6 Å². The van der Waals surface area contributed by atoms with Gasteiger partial charge in [-0.15, -0.1) is 0 Å². The van der Waals surface area contributed by atoms with Gasteiger partial charge in [-0.05, 0) is 63.2 Å². The van der Waals surface area contributed by atoms with Crippen LogP contribution in [0.4, 0.5) is 0 Å². The molecule has 3 rings (SSSR count). The Morgan fingerprint density at radius 1 is 0.972 bits per heavy atom. The molecule has 3 N–H and O–H groups in total. The van der Waals surface area contributed by atoms with Crippen LogP contribution >= 0.6 is 0 Å². The van der Waals surface area contributed by atoms with Gasteiger partial charge >= 0.3 is 11.9 Å². The fourth-order valence-electron chi connectivity index (χ4n) is 3.92. The summed E-state index contributed by atoms with van der Waals surface area (Å²) in [5.41, 5.74) is 6.27. The number of rotatable bonds is 10. The summed E-state index contributed by atoms with van der Waals surface area (Å²) in [7, 11) is 2.03. The van der Waals surface area contributed by atoms with Crippen LogP contribution in [0.3, 0.4) is 0 Å². The van der Waals surface area contributed by atoms with Crippen molar-refractivity contribution in [3.63, 3.8) is 0 Å². The maximum Gasteiger partial charge on any atom is 0.328 e. The lowest BCUT2D eigenvalue weighted by Crippen LogP contribution is -2.33. The van der Waals surface area contributed by atoms with E-state index in [2.05, 4.69) is 60.7 Å². The first kappa shape index (κ1) is 28.4. The number of benzene rings is 2. The summed E-state index contributed by atoms with van der Waals surface area (Å²) in [5.74, 6) is -1.73. The van der Waals surface area contributed by atoms with Crippen LogP contribution in [0.5, 0.6) is 5.75 Å². The van der Waals surface area contributed by atoms with Crippen molar-refractivity contribution in [1.82, 2.24) is 9.47 Å². The average Bonchev–Trinajstić information content (AvgIpc) is 3.24. The van der Waals surface area contributed by atoms with Crippen molar-refractivity contribution in [3.05, 3.63) is 95.3 Å². The number of ether oxygens (including phenoxy) is 1. The van der Waals surface area contributed by atoms with Crippen molar-refractivity contribution >= 4 is 11.9 Å². The van der Waals surface area contributed by atoms with E-state index in [1.54, 1.807) is 0 Å². The van der Waals surface area contributed by atoms with E-state index in [-0.39, 0.29) is 6.61 Å². The van der Waals surface area contributed by atoms with E-state index in [0.29, 0.717) is 18.7 Å². The molecule has 0 saturated carbocycles. The van der Waals surface area contributed by atoms with Crippen molar-refractivity contribution in [2.24, 2.45) is 0 Å². The topological polar surface area (TPSA) is 112 Å². The van der Waals surface area contributed by atoms with E-state index in [9.17, 15) is 14.7 Å². The molecule has 3 aromatic rings. The van der Waals surface area contributed by atoms with Gasteiger partial charge in [0.1, 0.15) is 18.5 Å². The summed E-state index contributed by atoms with van der Waals surface area (Å²) in [6.45, 7) is 8.03. The van der Waals surface area contributed by atoms with Crippen LogP contribution in [0.1, 0.15) is 22.4 Å². The number of likely N-dealkylation sites (N-methyl/N-ethyl adjacent to an activating group) is 1. The first-order chi connectivity index (χ1) is 17.1. The molecule has 8 nitrogen and oxygen atoms in total. The van der Waals surface area contributed by atoms with E-state index >= 15 is 0 Å². The number of aliphatic carboxylic acids is 2. The highest BCUT2D eigenvalue weighted by molar-refractivity contribution is 5.89. The van der Waals surface area contributed by atoms with Gasteiger partial charge in [-0.2, -0.15) is 0 Å². The molecule has 0 aliphatic heterocycles. The minimum Gasteiger partial charge on any atom is -0.491 e. The van der Waals surface area contributed by atoms with Crippen LogP contribution in [-0.4, -0.2) is 63.0 Å². The zero-order valence-corrected chi connectivity index (χ0v) is 21.1. The maximum atomic E-state index is 10.3. The molecule has 1 aromatic heterocycles. The molecule has 192 valence electrons. The van der Waals surface area contributed by atoms with Gasteiger partial charge in [0.2, 0.25) is 0 Å². The van der Waals surface area contributed by atoms with Crippen molar-refractivity contribution in [1.29, 1.82) is 0 Å². The van der Waals surface area contributed by atoms with Gasteiger partial charge in [0.25, 0.3) is 0 Å². The Hall–Kier alpha value is -3.88. The zero-order valence-electron chi connectivity index (χ0n) is 21.1. The lowest BCUT2D eigenvalue weighted by Gasteiger charge is -2.23.